The molecule has 3 atom stereocenters. The quantitative estimate of drug-likeness (QED) is 0.783. The van der Waals surface area contributed by atoms with Crippen molar-refractivity contribution < 1.29 is 22.8 Å². The topological polar surface area (TPSA) is 62.1 Å². The van der Waals surface area contributed by atoms with Crippen molar-refractivity contribution in [1.82, 2.24) is 4.90 Å². The van der Waals surface area contributed by atoms with E-state index in [1.807, 2.05) is 0 Å². The van der Waals surface area contributed by atoms with Crippen LogP contribution in [0.5, 0.6) is 0 Å². The van der Waals surface area contributed by atoms with Crippen LogP contribution < -0.4 is 0 Å². The van der Waals surface area contributed by atoms with E-state index in [0.29, 0.717) is 5.56 Å². The number of benzene rings is 1. The van der Waals surface area contributed by atoms with Crippen LogP contribution in [0, 0.1) is 5.92 Å². The monoisotopic (exact) mass is 297 g/mol. The number of carbonyl (C=O) groups excluding carboxylic acids is 2. The van der Waals surface area contributed by atoms with Crippen LogP contribution in [0.4, 0.5) is 13.2 Å². The minimum absolute atomic E-state index is 0.0500. The lowest BCUT2D eigenvalue weighted by molar-refractivity contribution is -0.163. The molecule has 21 heavy (non-hydrogen) atoms. The third-order valence-corrected chi connectivity index (χ3v) is 3.58. The second kappa shape index (κ2) is 4.64. The highest BCUT2D eigenvalue weighted by molar-refractivity contribution is 6.07. The SMILES string of the molecule is O=C1C2N=NC(C(F)(F)F)C2C(=O)N1Cc1ccccc1. The van der Waals surface area contributed by atoms with E-state index in [2.05, 4.69) is 10.2 Å². The number of fused-ring (bicyclic) bond motifs is 1. The van der Waals surface area contributed by atoms with E-state index >= 15 is 0 Å². The maximum Gasteiger partial charge on any atom is 0.413 e. The van der Waals surface area contributed by atoms with Gasteiger partial charge in [-0.05, 0) is 5.56 Å². The first-order valence-electron chi connectivity index (χ1n) is 6.25. The smallest absolute Gasteiger partial charge is 0.276 e. The minimum atomic E-state index is -4.68. The summed E-state index contributed by atoms with van der Waals surface area (Å²) in [6, 6.07) is 5.03. The maximum atomic E-state index is 12.8. The molecule has 110 valence electrons. The van der Waals surface area contributed by atoms with E-state index in [0.717, 1.165) is 4.90 Å². The van der Waals surface area contributed by atoms with E-state index in [9.17, 15) is 22.8 Å². The fraction of sp³-hybridized carbons (Fsp3) is 0.385. The van der Waals surface area contributed by atoms with Crippen LogP contribution in [0.2, 0.25) is 0 Å². The number of hydrogen-bond donors (Lipinski definition) is 0. The van der Waals surface area contributed by atoms with Gasteiger partial charge in [-0.1, -0.05) is 30.3 Å². The molecule has 0 aromatic heterocycles. The number of hydrogen-bond acceptors (Lipinski definition) is 4. The van der Waals surface area contributed by atoms with Crippen LogP contribution in [-0.2, 0) is 16.1 Å². The van der Waals surface area contributed by atoms with Gasteiger partial charge in [-0.15, -0.1) is 0 Å². The Kier molecular flexibility index (Phi) is 3.03. The van der Waals surface area contributed by atoms with E-state index in [1.54, 1.807) is 30.3 Å². The largest absolute Gasteiger partial charge is 0.413 e. The van der Waals surface area contributed by atoms with Gasteiger partial charge in [-0.2, -0.15) is 23.4 Å². The lowest BCUT2D eigenvalue weighted by atomic mass is 9.96. The molecule has 0 radical (unpaired) electrons. The zero-order valence-electron chi connectivity index (χ0n) is 10.6. The summed E-state index contributed by atoms with van der Waals surface area (Å²) < 4.78 is 38.5. The Labute approximate surface area is 117 Å². The Morgan fingerprint density at radius 1 is 1.05 bits per heavy atom. The second-order valence-corrected chi connectivity index (χ2v) is 4.94. The summed E-state index contributed by atoms with van der Waals surface area (Å²) in [6.07, 6.45) is -4.68. The molecule has 2 heterocycles. The number of nitrogens with zero attached hydrogens (tertiary/aromatic N) is 3. The number of halogens is 3. The number of amides is 2. The van der Waals surface area contributed by atoms with E-state index in [1.165, 1.54) is 0 Å². The van der Waals surface area contributed by atoms with Gasteiger partial charge in [0, 0.05) is 0 Å². The van der Waals surface area contributed by atoms with Gasteiger partial charge in [0.2, 0.25) is 5.91 Å². The molecule has 0 aliphatic carbocycles. The first-order chi connectivity index (χ1) is 9.89. The van der Waals surface area contributed by atoms with Crippen LogP contribution in [0.3, 0.4) is 0 Å². The maximum absolute atomic E-state index is 12.8. The molecule has 5 nitrogen and oxygen atoms in total. The lowest BCUT2D eigenvalue weighted by Gasteiger charge is -2.18. The third-order valence-electron chi connectivity index (χ3n) is 3.58. The fourth-order valence-corrected chi connectivity index (χ4v) is 2.57. The normalized spacial score (nSPS) is 28.3. The van der Waals surface area contributed by atoms with Gasteiger partial charge in [0.05, 0.1) is 6.54 Å². The zero-order chi connectivity index (χ0) is 15.2. The average molecular weight is 297 g/mol. The molecule has 2 aliphatic heterocycles. The van der Waals surface area contributed by atoms with Crippen LogP contribution in [0.1, 0.15) is 5.56 Å². The molecule has 0 saturated carbocycles. The van der Waals surface area contributed by atoms with Crippen molar-refractivity contribution in [2.24, 2.45) is 16.1 Å². The molecule has 0 N–H and O–H groups in total. The van der Waals surface area contributed by atoms with Crippen molar-refractivity contribution in [3.8, 4) is 0 Å². The third kappa shape index (κ3) is 2.20. The molecular weight excluding hydrogens is 287 g/mol. The van der Waals surface area contributed by atoms with E-state index in [4.69, 9.17) is 0 Å². The average Bonchev–Trinajstić information content (AvgIpc) is 2.96. The molecule has 0 spiro atoms. The zero-order valence-corrected chi connectivity index (χ0v) is 10.6. The summed E-state index contributed by atoms with van der Waals surface area (Å²) in [5, 5.41) is 6.43. The summed E-state index contributed by atoms with van der Waals surface area (Å²) in [4.78, 5) is 25.0. The molecular formula is C13H10F3N3O2. The van der Waals surface area contributed by atoms with Gasteiger partial charge in [0.1, 0.15) is 5.92 Å². The van der Waals surface area contributed by atoms with E-state index in [-0.39, 0.29) is 6.54 Å². The predicted octanol–water partition coefficient (Wildman–Crippen LogP) is 1.94. The molecule has 1 aromatic carbocycles. The van der Waals surface area contributed by atoms with Crippen LogP contribution in [0.15, 0.2) is 40.6 Å². The molecule has 1 aromatic rings. The van der Waals surface area contributed by atoms with Gasteiger partial charge < -0.3 is 0 Å². The Bertz CT molecular complexity index is 615. The van der Waals surface area contributed by atoms with Gasteiger partial charge in [0.15, 0.2) is 12.1 Å². The summed E-state index contributed by atoms with van der Waals surface area (Å²) >= 11 is 0. The highest BCUT2D eigenvalue weighted by Gasteiger charge is 2.62. The Morgan fingerprint density at radius 2 is 1.71 bits per heavy atom. The predicted molar refractivity (Wildman–Crippen MR) is 64.0 cm³/mol. The van der Waals surface area contributed by atoms with Crippen LogP contribution in [-0.4, -0.2) is 35.0 Å². The first-order valence-corrected chi connectivity index (χ1v) is 6.25. The van der Waals surface area contributed by atoms with E-state index < -0.39 is 36.0 Å². The van der Waals surface area contributed by atoms with Crippen molar-refractivity contribution in [3.63, 3.8) is 0 Å². The highest BCUT2D eigenvalue weighted by atomic mass is 19.4. The Morgan fingerprint density at radius 3 is 2.33 bits per heavy atom. The molecule has 2 amide bonds. The first kappa shape index (κ1) is 13.7. The fourth-order valence-electron chi connectivity index (χ4n) is 2.57. The van der Waals surface area contributed by atoms with Crippen molar-refractivity contribution in [3.05, 3.63) is 35.9 Å². The van der Waals surface area contributed by atoms with Crippen molar-refractivity contribution in [2.45, 2.75) is 24.8 Å². The summed E-state index contributed by atoms with van der Waals surface area (Å²) in [7, 11) is 0. The van der Waals surface area contributed by atoms with Crippen LogP contribution in [0.25, 0.3) is 0 Å². The standard InChI is InChI=1S/C13H10F3N3O2/c14-13(15,16)10-8-9(17-18-10)12(21)19(11(8)20)6-7-4-2-1-3-5-7/h1-5,8-10H,6H2. The summed E-state index contributed by atoms with van der Waals surface area (Å²) in [5.41, 5.74) is 0.666. The number of imide groups is 1. The van der Waals surface area contributed by atoms with Gasteiger partial charge in [0.25, 0.3) is 5.91 Å². The number of carbonyl (C=O) groups is 2. The number of likely N-dealkylation sites (tertiary alicyclic amines) is 1. The molecule has 3 unspecified atom stereocenters. The van der Waals surface area contributed by atoms with Crippen molar-refractivity contribution in [1.29, 1.82) is 0 Å². The Hall–Kier alpha value is -2.25. The highest BCUT2D eigenvalue weighted by Crippen LogP contribution is 2.41. The summed E-state index contributed by atoms with van der Waals surface area (Å²) in [5.74, 6) is -3.13. The molecule has 1 fully saturated rings. The minimum Gasteiger partial charge on any atom is -0.276 e. The number of azo groups is 1. The molecule has 8 heteroatoms. The Balaban J connectivity index is 1.85. The van der Waals surface area contributed by atoms with Crippen molar-refractivity contribution >= 4 is 11.8 Å². The van der Waals surface area contributed by atoms with Gasteiger partial charge in [-0.25, -0.2) is 0 Å². The summed E-state index contributed by atoms with van der Waals surface area (Å²) in [6.45, 7) is -0.0500. The van der Waals surface area contributed by atoms with Crippen LogP contribution >= 0.6 is 0 Å². The molecule has 0 bridgehead atoms. The molecule has 3 rings (SSSR count). The number of rotatable bonds is 2. The second-order valence-electron chi connectivity index (χ2n) is 4.94. The molecule has 2 aliphatic rings. The van der Waals surface area contributed by atoms with Gasteiger partial charge >= 0.3 is 6.18 Å². The number of alkyl halides is 3. The van der Waals surface area contributed by atoms with Crippen molar-refractivity contribution in [2.75, 3.05) is 0 Å². The van der Waals surface area contributed by atoms with Gasteiger partial charge in [-0.3, -0.25) is 14.5 Å². The molecule has 1 saturated heterocycles. The lowest BCUT2D eigenvalue weighted by Crippen LogP contribution is -2.39.